The summed E-state index contributed by atoms with van der Waals surface area (Å²) >= 11 is 0.861. The average molecular weight is 320 g/mol. The van der Waals surface area contributed by atoms with E-state index in [1.165, 1.54) is 12.3 Å². The molecule has 1 amide bonds. The van der Waals surface area contributed by atoms with Gasteiger partial charge in [-0.25, -0.2) is 17.9 Å². The van der Waals surface area contributed by atoms with Gasteiger partial charge in [-0.2, -0.15) is 0 Å². The number of rotatable bonds is 7. The van der Waals surface area contributed by atoms with Gasteiger partial charge in [0.1, 0.15) is 9.77 Å². The molecule has 0 atom stereocenters. The molecule has 0 saturated carbocycles. The first-order valence-corrected chi connectivity index (χ1v) is 8.23. The van der Waals surface area contributed by atoms with Crippen molar-refractivity contribution in [1.29, 1.82) is 0 Å². The van der Waals surface area contributed by atoms with Gasteiger partial charge in [-0.1, -0.05) is 0 Å². The van der Waals surface area contributed by atoms with Crippen LogP contribution >= 0.6 is 11.3 Å². The second-order valence-corrected chi connectivity index (χ2v) is 6.57. The third-order valence-electron chi connectivity index (χ3n) is 2.40. The maximum absolute atomic E-state index is 12.1. The predicted octanol–water partition coefficient (Wildman–Crippen LogP) is 0.559. The Bertz CT molecular complexity index is 606. The standard InChI is InChI=1S/C11H16N2O5S2/c1-3-12-8(14)4-5-13-20(17,18)10-7(2)6-19-9(10)11(15)16/h6,13H,3-5H2,1-2H3,(H,12,14)(H,15,16). The van der Waals surface area contributed by atoms with Crippen molar-refractivity contribution >= 4 is 33.2 Å². The number of nitrogens with one attached hydrogen (secondary N) is 2. The third-order valence-corrected chi connectivity index (χ3v) is 5.26. The largest absolute Gasteiger partial charge is 0.477 e. The van der Waals surface area contributed by atoms with Gasteiger partial charge in [0.05, 0.1) is 0 Å². The summed E-state index contributed by atoms with van der Waals surface area (Å²) in [5, 5.41) is 13.0. The molecule has 3 N–H and O–H groups in total. The minimum Gasteiger partial charge on any atom is -0.477 e. The predicted molar refractivity (Wildman–Crippen MR) is 74.5 cm³/mol. The highest BCUT2D eigenvalue weighted by Crippen LogP contribution is 2.26. The van der Waals surface area contributed by atoms with Crippen molar-refractivity contribution in [1.82, 2.24) is 10.0 Å². The van der Waals surface area contributed by atoms with Gasteiger partial charge in [0.25, 0.3) is 0 Å². The van der Waals surface area contributed by atoms with Gasteiger partial charge < -0.3 is 10.4 Å². The Hall–Kier alpha value is -1.45. The quantitative estimate of drug-likeness (QED) is 0.679. The molecule has 0 aliphatic rings. The summed E-state index contributed by atoms with van der Waals surface area (Å²) < 4.78 is 26.4. The molecule has 1 aromatic heterocycles. The van der Waals surface area contributed by atoms with Crippen molar-refractivity contribution in [3.8, 4) is 0 Å². The lowest BCUT2D eigenvalue weighted by Crippen LogP contribution is -2.31. The van der Waals surface area contributed by atoms with Crippen molar-refractivity contribution < 1.29 is 23.1 Å². The minimum atomic E-state index is -3.93. The molecule has 0 aliphatic heterocycles. The lowest BCUT2D eigenvalue weighted by Gasteiger charge is -2.07. The summed E-state index contributed by atoms with van der Waals surface area (Å²) in [7, 11) is -3.93. The van der Waals surface area contributed by atoms with Crippen LogP contribution in [0.15, 0.2) is 10.3 Å². The van der Waals surface area contributed by atoms with Crippen molar-refractivity contribution in [3.63, 3.8) is 0 Å². The Kier molecular flexibility index (Phi) is 5.66. The fourth-order valence-electron chi connectivity index (χ4n) is 1.57. The molecule has 1 rings (SSSR count). The monoisotopic (exact) mass is 320 g/mol. The average Bonchev–Trinajstić information content (AvgIpc) is 2.72. The van der Waals surface area contributed by atoms with Gasteiger partial charge in [-0.05, 0) is 24.8 Å². The van der Waals surface area contributed by atoms with E-state index in [4.69, 9.17) is 5.11 Å². The molecule has 0 aliphatic carbocycles. The molecule has 7 nitrogen and oxygen atoms in total. The SMILES string of the molecule is CCNC(=O)CCNS(=O)(=O)c1c(C)csc1C(=O)O. The first-order chi connectivity index (χ1) is 9.29. The zero-order valence-electron chi connectivity index (χ0n) is 11.1. The number of carbonyl (C=O) groups excluding carboxylic acids is 1. The van der Waals surface area contributed by atoms with E-state index in [1.807, 2.05) is 0 Å². The summed E-state index contributed by atoms with van der Waals surface area (Å²) in [6.45, 7) is 3.68. The van der Waals surface area contributed by atoms with E-state index in [0.717, 1.165) is 11.3 Å². The molecule has 0 unspecified atom stereocenters. The number of carboxylic acid groups (broad SMARTS) is 1. The van der Waals surface area contributed by atoms with Gasteiger partial charge in [0.2, 0.25) is 15.9 Å². The summed E-state index contributed by atoms with van der Waals surface area (Å²) in [5.74, 6) is -1.55. The van der Waals surface area contributed by atoms with Crippen LogP contribution in [0.25, 0.3) is 0 Å². The number of hydrogen-bond donors (Lipinski definition) is 3. The number of carboxylic acids is 1. The Balaban J connectivity index is 2.82. The second kappa shape index (κ2) is 6.82. The zero-order valence-corrected chi connectivity index (χ0v) is 12.7. The van der Waals surface area contributed by atoms with Gasteiger partial charge in [-0.3, -0.25) is 4.79 Å². The molecular weight excluding hydrogens is 304 g/mol. The number of sulfonamides is 1. The van der Waals surface area contributed by atoms with E-state index in [9.17, 15) is 18.0 Å². The van der Waals surface area contributed by atoms with E-state index < -0.39 is 16.0 Å². The van der Waals surface area contributed by atoms with Crippen LogP contribution in [-0.2, 0) is 14.8 Å². The molecule has 0 spiro atoms. The maximum Gasteiger partial charge on any atom is 0.347 e. The van der Waals surface area contributed by atoms with E-state index in [1.54, 1.807) is 6.92 Å². The zero-order chi connectivity index (χ0) is 15.3. The highest BCUT2D eigenvalue weighted by Gasteiger charge is 2.26. The number of thiophene rings is 1. The van der Waals surface area contributed by atoms with Crippen molar-refractivity contribution in [2.45, 2.75) is 25.2 Å². The molecule has 9 heteroatoms. The van der Waals surface area contributed by atoms with Crippen LogP contribution in [-0.4, -0.2) is 38.5 Å². The number of aryl methyl sites for hydroxylation is 1. The second-order valence-electron chi connectivity index (χ2n) is 3.98. The van der Waals surface area contributed by atoms with Crippen LogP contribution in [0.3, 0.4) is 0 Å². The first kappa shape index (κ1) is 16.6. The van der Waals surface area contributed by atoms with Gasteiger partial charge >= 0.3 is 5.97 Å². The summed E-state index contributed by atoms with van der Waals surface area (Å²) in [6.07, 6.45) is -0.00133. The van der Waals surface area contributed by atoms with Crippen LogP contribution in [0.4, 0.5) is 0 Å². The van der Waals surface area contributed by atoms with Gasteiger partial charge in [0.15, 0.2) is 0 Å². The van der Waals surface area contributed by atoms with Crippen LogP contribution in [0.1, 0.15) is 28.6 Å². The molecule has 0 radical (unpaired) electrons. The maximum atomic E-state index is 12.1. The lowest BCUT2D eigenvalue weighted by molar-refractivity contribution is -0.120. The summed E-state index contributed by atoms with van der Waals surface area (Å²) in [6, 6.07) is 0. The van der Waals surface area contributed by atoms with Gasteiger partial charge in [0, 0.05) is 19.5 Å². The molecule has 20 heavy (non-hydrogen) atoms. The Labute approximate surface area is 121 Å². The fourth-order valence-corrected chi connectivity index (χ4v) is 4.23. The van der Waals surface area contributed by atoms with Gasteiger partial charge in [-0.15, -0.1) is 11.3 Å². The highest BCUT2D eigenvalue weighted by molar-refractivity contribution is 7.89. The number of hydrogen-bond acceptors (Lipinski definition) is 5. The van der Waals surface area contributed by atoms with E-state index in [2.05, 4.69) is 10.0 Å². The normalized spacial score (nSPS) is 11.3. The van der Waals surface area contributed by atoms with Crippen molar-refractivity contribution in [2.75, 3.05) is 13.1 Å². The van der Waals surface area contributed by atoms with E-state index in [-0.39, 0.29) is 28.6 Å². The Morgan fingerprint density at radius 3 is 2.60 bits per heavy atom. The van der Waals surface area contributed by atoms with Crippen LogP contribution in [0.2, 0.25) is 0 Å². The smallest absolute Gasteiger partial charge is 0.347 e. The molecule has 1 aromatic rings. The molecule has 112 valence electrons. The Morgan fingerprint density at radius 1 is 1.40 bits per heavy atom. The third kappa shape index (κ3) is 4.02. The minimum absolute atomic E-state index is 0.00133. The van der Waals surface area contributed by atoms with E-state index in [0.29, 0.717) is 12.1 Å². The molecule has 0 fully saturated rings. The molecule has 0 bridgehead atoms. The topological polar surface area (TPSA) is 113 Å². The van der Waals surface area contributed by atoms with E-state index >= 15 is 0 Å². The highest BCUT2D eigenvalue weighted by atomic mass is 32.2. The lowest BCUT2D eigenvalue weighted by atomic mass is 10.3. The number of carbonyl (C=O) groups is 2. The molecule has 1 heterocycles. The van der Waals surface area contributed by atoms with Crippen LogP contribution in [0, 0.1) is 6.92 Å². The van der Waals surface area contributed by atoms with Crippen molar-refractivity contribution in [2.24, 2.45) is 0 Å². The molecular formula is C11H16N2O5S2. The number of aromatic carboxylic acids is 1. The fraction of sp³-hybridized carbons (Fsp3) is 0.455. The summed E-state index contributed by atoms with van der Waals surface area (Å²) in [5.41, 5.74) is 0.373. The summed E-state index contributed by atoms with van der Waals surface area (Å²) in [4.78, 5) is 21.8. The van der Waals surface area contributed by atoms with Crippen LogP contribution in [0.5, 0.6) is 0 Å². The molecule has 0 aromatic carbocycles. The molecule has 0 saturated heterocycles. The van der Waals surface area contributed by atoms with Crippen LogP contribution < -0.4 is 10.0 Å². The first-order valence-electron chi connectivity index (χ1n) is 5.87. The number of amides is 1. The van der Waals surface area contributed by atoms with Crippen molar-refractivity contribution in [3.05, 3.63) is 15.8 Å². The Morgan fingerprint density at radius 2 is 2.05 bits per heavy atom.